The van der Waals surface area contributed by atoms with Gasteiger partial charge in [0.25, 0.3) is 5.69 Å². The van der Waals surface area contributed by atoms with Gasteiger partial charge in [-0.1, -0.05) is 42.5 Å². The Morgan fingerprint density at radius 3 is 2.50 bits per heavy atom. The normalized spacial score (nSPS) is 28.9. The molecule has 0 N–H and O–H groups in total. The summed E-state index contributed by atoms with van der Waals surface area (Å²) in [5.41, 5.74) is 1.46. The number of carbonyl (C=O) groups excluding carboxylic acids is 1. The minimum atomic E-state index is -0.125. The van der Waals surface area contributed by atoms with Gasteiger partial charge in [0.15, 0.2) is 6.20 Å². The van der Waals surface area contributed by atoms with E-state index in [9.17, 15) is 10.0 Å². The molecule has 22 heavy (non-hydrogen) atoms. The van der Waals surface area contributed by atoms with Crippen LogP contribution in [0.15, 0.2) is 66.9 Å². The predicted molar refractivity (Wildman–Crippen MR) is 83.1 cm³/mol. The SMILES string of the molecule is O=C(c1cccc[n+]1[O-])[C@H]1[C@H](c2ccccc2)[C@@H]2C=C[C@H]1C2. The molecule has 0 saturated heterocycles. The Labute approximate surface area is 129 Å². The standard InChI is InChI=1S/C19H17NO2/c21-19(16-8-4-5-11-20(16)22)18-15-10-9-14(12-15)17(18)13-6-2-1-3-7-13/h1-11,14-15,17-18H,12H2/t14-,15+,17-,18-/m1/s1. The second-order valence-corrected chi connectivity index (χ2v) is 6.19. The van der Waals surface area contributed by atoms with Crippen LogP contribution in [0.4, 0.5) is 0 Å². The molecule has 0 unspecified atom stereocenters. The van der Waals surface area contributed by atoms with Crippen LogP contribution in [0.3, 0.4) is 0 Å². The summed E-state index contributed by atoms with van der Waals surface area (Å²) in [6, 6.07) is 15.2. The molecule has 2 aliphatic carbocycles. The Bertz CT molecular complexity index is 738. The van der Waals surface area contributed by atoms with Crippen LogP contribution in [0.2, 0.25) is 0 Å². The van der Waals surface area contributed by atoms with Crippen LogP contribution in [0.5, 0.6) is 0 Å². The first-order chi connectivity index (χ1) is 10.8. The van der Waals surface area contributed by atoms with Crippen LogP contribution < -0.4 is 4.73 Å². The molecular weight excluding hydrogens is 274 g/mol. The highest BCUT2D eigenvalue weighted by molar-refractivity contribution is 5.96. The predicted octanol–water partition coefficient (Wildman–Crippen LogP) is 3.11. The van der Waals surface area contributed by atoms with Gasteiger partial charge in [-0.25, -0.2) is 0 Å². The lowest BCUT2D eigenvalue weighted by Gasteiger charge is -2.26. The molecule has 1 aromatic carbocycles. The zero-order valence-corrected chi connectivity index (χ0v) is 12.1. The molecule has 0 radical (unpaired) electrons. The highest BCUT2D eigenvalue weighted by Gasteiger charge is 2.50. The number of hydrogen-bond donors (Lipinski definition) is 0. The quantitative estimate of drug-likeness (QED) is 0.377. The Kier molecular flexibility index (Phi) is 3.07. The van der Waals surface area contributed by atoms with E-state index in [1.54, 1.807) is 18.2 Å². The molecule has 1 aromatic heterocycles. The molecule has 1 fully saturated rings. The van der Waals surface area contributed by atoms with Crippen LogP contribution >= 0.6 is 0 Å². The van der Waals surface area contributed by atoms with Gasteiger partial charge in [-0.05, 0) is 29.9 Å². The lowest BCUT2D eigenvalue weighted by atomic mass is 9.75. The van der Waals surface area contributed by atoms with Crippen LogP contribution in [0, 0.1) is 23.0 Å². The Morgan fingerprint density at radius 2 is 1.73 bits per heavy atom. The average Bonchev–Trinajstić information content (AvgIpc) is 3.16. The third-order valence-electron chi connectivity index (χ3n) is 5.02. The largest absolute Gasteiger partial charge is 0.618 e. The number of carbonyl (C=O) groups is 1. The van der Waals surface area contributed by atoms with Crippen molar-refractivity contribution < 1.29 is 9.52 Å². The summed E-state index contributed by atoms with van der Waals surface area (Å²) in [4.78, 5) is 13.0. The lowest BCUT2D eigenvalue weighted by molar-refractivity contribution is -0.607. The number of aromatic nitrogens is 1. The second kappa shape index (κ2) is 5.09. The van der Waals surface area contributed by atoms with Gasteiger partial charge in [0.1, 0.15) is 0 Å². The van der Waals surface area contributed by atoms with E-state index in [0.717, 1.165) is 6.42 Å². The van der Waals surface area contributed by atoms with Crippen LogP contribution in [-0.2, 0) is 0 Å². The van der Waals surface area contributed by atoms with Crippen molar-refractivity contribution in [2.45, 2.75) is 12.3 Å². The number of nitrogens with zero attached hydrogens (tertiary/aromatic N) is 1. The fourth-order valence-corrected chi connectivity index (χ4v) is 4.10. The van der Waals surface area contributed by atoms with Crippen molar-refractivity contribution in [3.8, 4) is 0 Å². The summed E-state index contributed by atoms with van der Waals surface area (Å²) in [7, 11) is 0. The van der Waals surface area contributed by atoms with Crippen molar-refractivity contribution in [3.63, 3.8) is 0 Å². The van der Waals surface area contributed by atoms with Crippen molar-refractivity contribution in [1.82, 2.24) is 0 Å². The summed E-state index contributed by atoms with van der Waals surface area (Å²) in [5.74, 6) is 0.693. The third kappa shape index (κ3) is 1.97. The maximum atomic E-state index is 13.0. The molecule has 3 nitrogen and oxygen atoms in total. The molecule has 1 saturated carbocycles. The number of rotatable bonds is 3. The summed E-state index contributed by atoms with van der Waals surface area (Å²) >= 11 is 0. The van der Waals surface area contributed by atoms with Gasteiger partial charge in [0.05, 0.1) is 0 Å². The van der Waals surface area contributed by atoms with Gasteiger partial charge in [0, 0.05) is 24.0 Å². The molecule has 1 heterocycles. The highest BCUT2D eigenvalue weighted by atomic mass is 16.5. The van der Waals surface area contributed by atoms with E-state index < -0.39 is 0 Å². The Balaban J connectivity index is 1.75. The van der Waals surface area contributed by atoms with Crippen molar-refractivity contribution in [2.75, 3.05) is 0 Å². The molecule has 4 rings (SSSR count). The van der Waals surface area contributed by atoms with Crippen LogP contribution in [0.25, 0.3) is 0 Å². The molecule has 2 aromatic rings. The minimum Gasteiger partial charge on any atom is -0.618 e. The van der Waals surface area contributed by atoms with E-state index in [-0.39, 0.29) is 29.2 Å². The maximum absolute atomic E-state index is 13.0. The number of Topliss-reactive ketones (excluding diaryl/α,β-unsaturated/α-hetero) is 1. The van der Waals surface area contributed by atoms with Gasteiger partial charge in [0.2, 0.25) is 5.78 Å². The molecular formula is C19H17NO2. The van der Waals surface area contributed by atoms with Crippen molar-refractivity contribution >= 4 is 5.78 Å². The number of fused-ring (bicyclic) bond motifs is 2. The van der Waals surface area contributed by atoms with E-state index in [1.165, 1.54) is 11.8 Å². The van der Waals surface area contributed by atoms with Gasteiger partial charge >= 0.3 is 0 Å². The monoisotopic (exact) mass is 291 g/mol. The third-order valence-corrected chi connectivity index (χ3v) is 5.02. The number of hydrogen-bond acceptors (Lipinski definition) is 2. The summed E-state index contributed by atoms with van der Waals surface area (Å²) in [5, 5.41) is 11.9. The summed E-state index contributed by atoms with van der Waals surface area (Å²) in [6.07, 6.45) is 6.81. The smallest absolute Gasteiger partial charge is 0.260 e. The number of ketones is 1. The zero-order chi connectivity index (χ0) is 15.1. The number of benzene rings is 1. The first-order valence-corrected chi connectivity index (χ1v) is 7.71. The minimum absolute atomic E-state index is 0.0266. The molecule has 0 spiro atoms. The number of pyridine rings is 1. The number of allylic oxidation sites excluding steroid dienone is 2. The molecule has 0 amide bonds. The maximum Gasteiger partial charge on any atom is 0.260 e. The second-order valence-electron chi connectivity index (χ2n) is 6.19. The van der Waals surface area contributed by atoms with E-state index in [0.29, 0.717) is 10.6 Å². The van der Waals surface area contributed by atoms with Crippen LogP contribution in [0.1, 0.15) is 28.4 Å². The average molecular weight is 291 g/mol. The Morgan fingerprint density at radius 1 is 1.00 bits per heavy atom. The van der Waals surface area contributed by atoms with E-state index in [2.05, 4.69) is 24.3 Å². The molecule has 0 aliphatic heterocycles. The summed E-state index contributed by atoms with van der Waals surface area (Å²) in [6.45, 7) is 0. The first kappa shape index (κ1) is 13.3. The summed E-state index contributed by atoms with van der Waals surface area (Å²) < 4.78 is 0.695. The highest BCUT2D eigenvalue weighted by Crippen LogP contribution is 2.53. The van der Waals surface area contributed by atoms with Gasteiger partial charge in [-0.15, -0.1) is 0 Å². The van der Waals surface area contributed by atoms with Gasteiger partial charge < -0.3 is 5.21 Å². The topological polar surface area (TPSA) is 44.0 Å². The van der Waals surface area contributed by atoms with Crippen molar-refractivity contribution in [3.05, 3.63) is 83.3 Å². The molecule has 4 atom stereocenters. The fraction of sp³-hybridized carbons (Fsp3) is 0.263. The lowest BCUT2D eigenvalue weighted by Crippen LogP contribution is -2.38. The van der Waals surface area contributed by atoms with Crippen LogP contribution in [-0.4, -0.2) is 5.78 Å². The van der Waals surface area contributed by atoms with Gasteiger partial charge in [-0.3, -0.25) is 4.79 Å². The van der Waals surface area contributed by atoms with Crippen molar-refractivity contribution in [2.24, 2.45) is 17.8 Å². The van der Waals surface area contributed by atoms with Gasteiger partial charge in [-0.2, -0.15) is 4.73 Å². The molecule has 2 bridgehead atoms. The zero-order valence-electron chi connectivity index (χ0n) is 12.1. The fourth-order valence-electron chi connectivity index (χ4n) is 4.10. The molecule has 2 aliphatic rings. The molecule has 110 valence electrons. The first-order valence-electron chi connectivity index (χ1n) is 7.71. The van der Waals surface area contributed by atoms with E-state index in [1.807, 2.05) is 18.2 Å². The molecule has 3 heteroatoms. The Hall–Kier alpha value is -2.42. The van der Waals surface area contributed by atoms with Crippen molar-refractivity contribution in [1.29, 1.82) is 0 Å². The van der Waals surface area contributed by atoms with E-state index >= 15 is 0 Å². The van der Waals surface area contributed by atoms with E-state index in [4.69, 9.17) is 0 Å².